The zero-order valence-corrected chi connectivity index (χ0v) is 41.4. The molecule has 0 radical (unpaired) electrons. The average Bonchev–Trinajstić information content (AvgIpc) is 3.27. The Bertz CT molecular complexity index is 1070. The van der Waals surface area contributed by atoms with Crippen molar-refractivity contribution in [3.8, 4) is 0 Å². The van der Waals surface area contributed by atoms with Crippen LogP contribution in [-0.2, 0) is 23.8 Å². The number of ether oxygens (including phenoxy) is 3. The van der Waals surface area contributed by atoms with Gasteiger partial charge in [-0.3, -0.25) is 9.59 Å². The van der Waals surface area contributed by atoms with E-state index in [1.165, 1.54) is 148 Å². The van der Waals surface area contributed by atoms with Crippen LogP contribution >= 0.6 is 0 Å². The van der Waals surface area contributed by atoms with E-state index in [0.29, 0.717) is 19.4 Å². The van der Waals surface area contributed by atoms with Gasteiger partial charge in [0.2, 0.25) is 0 Å². The van der Waals surface area contributed by atoms with Gasteiger partial charge >= 0.3 is 11.9 Å². The lowest BCUT2D eigenvalue weighted by atomic mass is 10.0. The molecule has 0 aromatic rings. The molecule has 0 N–H and O–H groups in total. The zero-order chi connectivity index (χ0) is 44.9. The summed E-state index contributed by atoms with van der Waals surface area (Å²) < 4.78 is 17.4. The van der Waals surface area contributed by atoms with Gasteiger partial charge < -0.3 is 14.2 Å². The minimum absolute atomic E-state index is 0.0718. The van der Waals surface area contributed by atoms with E-state index in [-0.39, 0.29) is 25.2 Å². The summed E-state index contributed by atoms with van der Waals surface area (Å²) in [4.78, 5) is 25.4. The summed E-state index contributed by atoms with van der Waals surface area (Å²) in [6.45, 7) is 7.66. The van der Waals surface area contributed by atoms with Crippen LogP contribution in [0.5, 0.6) is 0 Å². The number of unbranched alkanes of at least 4 members (excludes halogenated alkanes) is 28. The molecule has 5 nitrogen and oxygen atoms in total. The molecule has 0 aliphatic heterocycles. The van der Waals surface area contributed by atoms with Crippen LogP contribution in [0.15, 0.2) is 60.8 Å². The Morgan fingerprint density at radius 3 is 1.18 bits per heavy atom. The topological polar surface area (TPSA) is 61.8 Å². The monoisotopic (exact) mass is 867 g/mol. The molecule has 62 heavy (non-hydrogen) atoms. The maximum atomic E-state index is 12.8. The van der Waals surface area contributed by atoms with Gasteiger partial charge in [-0.1, -0.05) is 229 Å². The molecular formula is C57H102O5. The van der Waals surface area contributed by atoms with Crippen LogP contribution in [0.4, 0.5) is 0 Å². The third kappa shape index (κ3) is 50.2. The average molecular weight is 867 g/mol. The largest absolute Gasteiger partial charge is 0.462 e. The minimum Gasteiger partial charge on any atom is -0.462 e. The highest BCUT2D eigenvalue weighted by molar-refractivity contribution is 5.70. The molecule has 0 fully saturated rings. The second-order valence-electron chi connectivity index (χ2n) is 17.8. The Hall–Kier alpha value is -2.40. The van der Waals surface area contributed by atoms with Crippen molar-refractivity contribution in [3.63, 3.8) is 0 Å². The first-order valence-electron chi connectivity index (χ1n) is 26.8. The number of rotatable bonds is 49. The SMILES string of the molecule is CC/C=C\C/C=C\C/C=C\C/C=C\CCCCCOCC(COC(=O)CCCCCCCCC/C=C\CCCCCCCC)OC(=O)CCCCCCCCCCCCCCC. The number of hydrogen-bond donors (Lipinski definition) is 0. The Labute approximate surface area is 385 Å². The van der Waals surface area contributed by atoms with Crippen molar-refractivity contribution in [2.45, 2.75) is 271 Å². The molecule has 0 spiro atoms. The quantitative estimate of drug-likeness (QED) is 0.0346. The van der Waals surface area contributed by atoms with E-state index in [1.54, 1.807) is 0 Å². The normalized spacial score (nSPS) is 12.6. The predicted octanol–water partition coefficient (Wildman–Crippen LogP) is 18.1. The van der Waals surface area contributed by atoms with E-state index < -0.39 is 6.10 Å². The maximum absolute atomic E-state index is 12.8. The van der Waals surface area contributed by atoms with Crippen molar-refractivity contribution in [2.75, 3.05) is 19.8 Å². The van der Waals surface area contributed by atoms with E-state index >= 15 is 0 Å². The fourth-order valence-electron chi connectivity index (χ4n) is 7.56. The standard InChI is InChI=1S/C57H102O5/c1-4-7-10-13-16-19-22-25-27-29-30-33-35-38-41-44-47-50-56(58)61-54-55(62-57(59)51-48-45-42-39-36-32-24-21-18-15-12-9-6-3)53-60-52-49-46-43-40-37-34-31-28-26-23-20-17-14-11-8-5-2/h8,11,17,20,25-28,34,37,55H,4-7,9-10,12-16,18-19,21-24,29-33,35-36,38-54H2,1-3H3/b11-8-,20-17-,27-25-,28-26-,37-34-. The summed E-state index contributed by atoms with van der Waals surface area (Å²) in [6.07, 6.45) is 66.6. The van der Waals surface area contributed by atoms with Gasteiger partial charge in [-0.2, -0.15) is 0 Å². The summed E-state index contributed by atoms with van der Waals surface area (Å²) >= 11 is 0. The molecule has 1 atom stereocenters. The minimum atomic E-state index is -0.553. The van der Waals surface area contributed by atoms with Crippen LogP contribution in [0.3, 0.4) is 0 Å². The number of carbonyl (C=O) groups is 2. The van der Waals surface area contributed by atoms with Crippen molar-refractivity contribution < 1.29 is 23.8 Å². The summed E-state index contributed by atoms with van der Waals surface area (Å²) in [6, 6.07) is 0. The van der Waals surface area contributed by atoms with Gasteiger partial charge in [0, 0.05) is 19.4 Å². The Morgan fingerprint density at radius 1 is 0.371 bits per heavy atom. The van der Waals surface area contributed by atoms with Crippen LogP contribution in [0.2, 0.25) is 0 Å². The van der Waals surface area contributed by atoms with Crippen molar-refractivity contribution in [1.82, 2.24) is 0 Å². The fraction of sp³-hybridized carbons (Fsp3) is 0.789. The lowest BCUT2D eigenvalue weighted by Crippen LogP contribution is -2.30. The third-order valence-electron chi connectivity index (χ3n) is 11.5. The molecule has 5 heteroatoms. The lowest BCUT2D eigenvalue weighted by Gasteiger charge is -2.18. The Morgan fingerprint density at radius 2 is 0.726 bits per heavy atom. The van der Waals surface area contributed by atoms with Gasteiger partial charge in [0.25, 0.3) is 0 Å². The van der Waals surface area contributed by atoms with Crippen molar-refractivity contribution in [3.05, 3.63) is 60.8 Å². The Balaban J connectivity index is 4.30. The molecule has 0 saturated heterocycles. The van der Waals surface area contributed by atoms with E-state index in [1.807, 2.05) is 0 Å². The maximum Gasteiger partial charge on any atom is 0.306 e. The van der Waals surface area contributed by atoms with Gasteiger partial charge in [0.05, 0.1) is 6.61 Å². The van der Waals surface area contributed by atoms with Crippen LogP contribution in [-0.4, -0.2) is 37.9 Å². The van der Waals surface area contributed by atoms with Gasteiger partial charge in [-0.05, 0) is 83.5 Å². The smallest absolute Gasteiger partial charge is 0.306 e. The molecule has 0 aromatic carbocycles. The zero-order valence-electron chi connectivity index (χ0n) is 41.4. The predicted molar refractivity (Wildman–Crippen MR) is 270 cm³/mol. The van der Waals surface area contributed by atoms with E-state index in [9.17, 15) is 9.59 Å². The van der Waals surface area contributed by atoms with E-state index in [2.05, 4.69) is 81.5 Å². The molecule has 0 heterocycles. The highest BCUT2D eigenvalue weighted by Gasteiger charge is 2.17. The number of esters is 2. The van der Waals surface area contributed by atoms with Gasteiger partial charge in [0.1, 0.15) is 6.61 Å². The first kappa shape index (κ1) is 59.6. The number of carbonyl (C=O) groups excluding carboxylic acids is 2. The first-order valence-corrected chi connectivity index (χ1v) is 26.8. The second kappa shape index (κ2) is 52.9. The molecule has 0 aliphatic rings. The van der Waals surface area contributed by atoms with Crippen LogP contribution < -0.4 is 0 Å². The highest BCUT2D eigenvalue weighted by Crippen LogP contribution is 2.15. The summed E-state index contributed by atoms with van der Waals surface area (Å²) in [5.41, 5.74) is 0. The first-order chi connectivity index (χ1) is 30.6. The molecule has 0 bridgehead atoms. The summed E-state index contributed by atoms with van der Waals surface area (Å²) in [7, 11) is 0. The molecule has 0 amide bonds. The molecule has 0 aromatic heterocycles. The fourth-order valence-corrected chi connectivity index (χ4v) is 7.56. The van der Waals surface area contributed by atoms with Crippen molar-refractivity contribution in [1.29, 1.82) is 0 Å². The number of allylic oxidation sites excluding steroid dienone is 10. The number of hydrogen-bond acceptors (Lipinski definition) is 5. The van der Waals surface area contributed by atoms with Gasteiger partial charge in [-0.25, -0.2) is 0 Å². The van der Waals surface area contributed by atoms with Crippen LogP contribution in [0, 0.1) is 0 Å². The third-order valence-corrected chi connectivity index (χ3v) is 11.5. The van der Waals surface area contributed by atoms with Gasteiger partial charge in [0.15, 0.2) is 6.10 Å². The van der Waals surface area contributed by atoms with Crippen molar-refractivity contribution >= 4 is 11.9 Å². The highest BCUT2D eigenvalue weighted by atomic mass is 16.6. The molecule has 0 saturated carbocycles. The van der Waals surface area contributed by atoms with Crippen LogP contribution in [0.25, 0.3) is 0 Å². The van der Waals surface area contributed by atoms with Crippen molar-refractivity contribution in [2.24, 2.45) is 0 Å². The van der Waals surface area contributed by atoms with E-state index in [4.69, 9.17) is 14.2 Å². The van der Waals surface area contributed by atoms with Gasteiger partial charge in [-0.15, -0.1) is 0 Å². The lowest BCUT2D eigenvalue weighted by molar-refractivity contribution is -0.163. The molecule has 360 valence electrons. The van der Waals surface area contributed by atoms with Crippen LogP contribution in [0.1, 0.15) is 265 Å². The summed E-state index contributed by atoms with van der Waals surface area (Å²) in [5, 5.41) is 0. The molecular weight excluding hydrogens is 765 g/mol. The molecule has 1 unspecified atom stereocenters. The summed E-state index contributed by atoms with van der Waals surface area (Å²) in [5.74, 6) is -0.411. The molecule has 0 rings (SSSR count). The van der Waals surface area contributed by atoms with E-state index in [0.717, 1.165) is 83.5 Å². The second-order valence-corrected chi connectivity index (χ2v) is 17.8. The molecule has 0 aliphatic carbocycles. The Kier molecular flexibility index (Phi) is 50.9.